The van der Waals surface area contributed by atoms with Crippen molar-refractivity contribution in [1.82, 2.24) is 5.32 Å². The molecule has 0 fully saturated rings. The average molecular weight is 291 g/mol. The summed E-state index contributed by atoms with van der Waals surface area (Å²) in [6, 6.07) is 0. The Bertz CT molecular complexity index is 179. The molecule has 0 unspecified atom stereocenters. The molecule has 0 aromatic rings. The maximum atomic E-state index is 5.44. The molecule has 20 heavy (non-hydrogen) atoms. The Morgan fingerprint density at radius 2 is 1.25 bits per heavy atom. The van der Waals surface area contributed by atoms with Crippen LogP contribution in [0.15, 0.2) is 0 Å². The van der Waals surface area contributed by atoms with Crippen LogP contribution in [0.4, 0.5) is 0 Å². The maximum Gasteiger partial charge on any atom is 0.0966 e. The zero-order chi connectivity index (χ0) is 14.9. The third-order valence-electron chi connectivity index (χ3n) is 2.59. The zero-order valence-corrected chi connectivity index (χ0v) is 13.5. The van der Waals surface area contributed by atoms with E-state index in [1.807, 2.05) is 0 Å². The van der Waals surface area contributed by atoms with Crippen molar-refractivity contribution >= 4 is 0 Å². The number of nitrogens with one attached hydrogen (secondary N) is 1. The smallest absolute Gasteiger partial charge is 0.0966 e. The molecule has 0 aliphatic carbocycles. The van der Waals surface area contributed by atoms with Gasteiger partial charge in [-0.05, 0) is 25.3 Å². The third kappa shape index (κ3) is 17.8. The summed E-state index contributed by atoms with van der Waals surface area (Å²) in [7, 11) is 0. The molecular formula is C15H33NO4. The van der Waals surface area contributed by atoms with Gasteiger partial charge in [-0.3, -0.25) is 5.32 Å². The minimum absolute atomic E-state index is 0.599. The standard InChI is InChI=1S/C15H33NO4/c1-4-6-16-14-20-13-12-19-11-10-18-9-8-17-7-5-15(2)3/h15-16H,4-14H2,1-3H3. The molecule has 0 amide bonds. The van der Waals surface area contributed by atoms with Crippen molar-refractivity contribution in [2.45, 2.75) is 33.6 Å². The second kappa shape index (κ2) is 16.9. The van der Waals surface area contributed by atoms with Crippen molar-refractivity contribution in [3.63, 3.8) is 0 Å². The van der Waals surface area contributed by atoms with Gasteiger partial charge in [0.2, 0.25) is 0 Å². The highest BCUT2D eigenvalue weighted by Gasteiger charge is 1.95. The van der Waals surface area contributed by atoms with Crippen molar-refractivity contribution in [3.05, 3.63) is 0 Å². The summed E-state index contributed by atoms with van der Waals surface area (Å²) in [5.41, 5.74) is 0. The molecule has 122 valence electrons. The Labute approximate surface area is 124 Å². The van der Waals surface area contributed by atoms with E-state index in [2.05, 4.69) is 26.1 Å². The van der Waals surface area contributed by atoms with E-state index in [-0.39, 0.29) is 0 Å². The predicted octanol–water partition coefficient (Wildman–Crippen LogP) is 2.06. The van der Waals surface area contributed by atoms with Crippen molar-refractivity contribution in [1.29, 1.82) is 0 Å². The summed E-state index contributed by atoms with van der Waals surface area (Å²) >= 11 is 0. The van der Waals surface area contributed by atoms with Gasteiger partial charge < -0.3 is 18.9 Å². The normalized spacial score (nSPS) is 11.4. The van der Waals surface area contributed by atoms with Crippen LogP contribution in [0.5, 0.6) is 0 Å². The van der Waals surface area contributed by atoms with E-state index in [9.17, 15) is 0 Å². The average Bonchev–Trinajstić information content (AvgIpc) is 2.43. The molecule has 5 heteroatoms. The van der Waals surface area contributed by atoms with Gasteiger partial charge in [0.1, 0.15) is 0 Å². The lowest BCUT2D eigenvalue weighted by atomic mass is 10.1. The maximum absolute atomic E-state index is 5.44. The number of hydrogen-bond donors (Lipinski definition) is 1. The SMILES string of the molecule is CCCNCOCCOCCOCCOCCC(C)C. The summed E-state index contributed by atoms with van der Waals surface area (Å²) in [6.07, 6.45) is 2.23. The molecule has 1 N–H and O–H groups in total. The van der Waals surface area contributed by atoms with Crippen LogP contribution in [0.1, 0.15) is 33.6 Å². The minimum atomic E-state index is 0.599. The fourth-order valence-corrected chi connectivity index (χ4v) is 1.37. The molecule has 0 saturated heterocycles. The molecule has 0 spiro atoms. The first-order chi connectivity index (χ1) is 9.77. The van der Waals surface area contributed by atoms with E-state index >= 15 is 0 Å². The largest absolute Gasteiger partial charge is 0.379 e. The lowest BCUT2D eigenvalue weighted by molar-refractivity contribution is -0.00459. The molecule has 0 heterocycles. The van der Waals surface area contributed by atoms with Crippen molar-refractivity contribution in [3.8, 4) is 0 Å². The van der Waals surface area contributed by atoms with Crippen LogP contribution >= 0.6 is 0 Å². The van der Waals surface area contributed by atoms with Gasteiger partial charge in [0.15, 0.2) is 0 Å². The highest BCUT2D eigenvalue weighted by atomic mass is 16.6. The van der Waals surface area contributed by atoms with Crippen LogP contribution in [0.2, 0.25) is 0 Å². The van der Waals surface area contributed by atoms with Gasteiger partial charge in [-0.1, -0.05) is 20.8 Å². The molecular weight excluding hydrogens is 258 g/mol. The molecule has 0 aliphatic heterocycles. The summed E-state index contributed by atoms with van der Waals surface area (Å²) in [4.78, 5) is 0. The first kappa shape index (κ1) is 19.8. The van der Waals surface area contributed by atoms with Crippen LogP contribution in [-0.4, -0.2) is 59.5 Å². The van der Waals surface area contributed by atoms with Gasteiger partial charge in [-0.25, -0.2) is 0 Å². The molecule has 0 saturated carbocycles. The van der Waals surface area contributed by atoms with Gasteiger partial charge in [0.05, 0.1) is 46.4 Å². The molecule has 0 aromatic carbocycles. The van der Waals surface area contributed by atoms with Crippen LogP contribution < -0.4 is 5.32 Å². The van der Waals surface area contributed by atoms with Gasteiger partial charge in [-0.2, -0.15) is 0 Å². The molecule has 0 rings (SSSR count). The second-order valence-corrected chi connectivity index (χ2v) is 5.07. The molecule has 0 bridgehead atoms. The van der Waals surface area contributed by atoms with Gasteiger partial charge in [-0.15, -0.1) is 0 Å². The van der Waals surface area contributed by atoms with Crippen molar-refractivity contribution in [2.24, 2.45) is 5.92 Å². The summed E-state index contributed by atoms with van der Waals surface area (Å²) in [6.45, 7) is 12.7. The number of ether oxygens (including phenoxy) is 4. The van der Waals surface area contributed by atoms with Crippen LogP contribution in [0.25, 0.3) is 0 Å². The molecule has 0 aromatic heterocycles. The monoisotopic (exact) mass is 291 g/mol. The van der Waals surface area contributed by atoms with E-state index < -0.39 is 0 Å². The topological polar surface area (TPSA) is 49.0 Å². The zero-order valence-electron chi connectivity index (χ0n) is 13.5. The second-order valence-electron chi connectivity index (χ2n) is 5.07. The van der Waals surface area contributed by atoms with Gasteiger partial charge >= 0.3 is 0 Å². The highest BCUT2D eigenvalue weighted by Crippen LogP contribution is 1.98. The first-order valence-corrected chi connectivity index (χ1v) is 7.79. The Hall–Kier alpha value is -0.200. The van der Waals surface area contributed by atoms with E-state index in [4.69, 9.17) is 18.9 Å². The number of hydrogen-bond acceptors (Lipinski definition) is 5. The van der Waals surface area contributed by atoms with Crippen LogP contribution in [0.3, 0.4) is 0 Å². The van der Waals surface area contributed by atoms with E-state index in [1.54, 1.807) is 0 Å². The van der Waals surface area contributed by atoms with E-state index in [0.717, 1.165) is 26.0 Å². The fraction of sp³-hybridized carbons (Fsp3) is 1.00. The third-order valence-corrected chi connectivity index (χ3v) is 2.59. The lowest BCUT2D eigenvalue weighted by Crippen LogP contribution is -2.20. The lowest BCUT2D eigenvalue weighted by Gasteiger charge is -2.08. The van der Waals surface area contributed by atoms with E-state index in [0.29, 0.717) is 52.3 Å². The Kier molecular flexibility index (Phi) is 16.7. The Morgan fingerprint density at radius 1 is 0.750 bits per heavy atom. The molecule has 0 aliphatic rings. The predicted molar refractivity (Wildman–Crippen MR) is 81.0 cm³/mol. The number of rotatable bonds is 16. The molecule has 0 atom stereocenters. The first-order valence-electron chi connectivity index (χ1n) is 7.79. The van der Waals surface area contributed by atoms with Crippen molar-refractivity contribution in [2.75, 3.05) is 59.5 Å². The van der Waals surface area contributed by atoms with E-state index in [1.165, 1.54) is 0 Å². The summed E-state index contributed by atoms with van der Waals surface area (Å²) < 4.78 is 21.6. The Morgan fingerprint density at radius 3 is 1.75 bits per heavy atom. The summed E-state index contributed by atoms with van der Waals surface area (Å²) in [5, 5.41) is 3.16. The Balaban J connectivity index is 2.92. The highest BCUT2D eigenvalue weighted by molar-refractivity contribution is 4.42. The van der Waals surface area contributed by atoms with Crippen LogP contribution in [-0.2, 0) is 18.9 Å². The quantitative estimate of drug-likeness (QED) is 0.348. The van der Waals surface area contributed by atoms with Gasteiger partial charge in [0.25, 0.3) is 0 Å². The fourth-order valence-electron chi connectivity index (χ4n) is 1.37. The van der Waals surface area contributed by atoms with Crippen LogP contribution in [0, 0.1) is 5.92 Å². The van der Waals surface area contributed by atoms with Crippen molar-refractivity contribution < 1.29 is 18.9 Å². The molecule has 0 radical (unpaired) electrons. The molecule has 5 nitrogen and oxygen atoms in total. The summed E-state index contributed by atoms with van der Waals surface area (Å²) in [5.74, 6) is 0.698. The van der Waals surface area contributed by atoms with Gasteiger partial charge in [0, 0.05) is 6.61 Å². The minimum Gasteiger partial charge on any atom is -0.379 e.